The van der Waals surface area contributed by atoms with Gasteiger partial charge in [-0.15, -0.1) is 10.2 Å². The van der Waals surface area contributed by atoms with Crippen LogP contribution in [0.15, 0.2) is 88.5 Å². The van der Waals surface area contributed by atoms with Gasteiger partial charge in [-0.2, -0.15) is 0 Å². The van der Waals surface area contributed by atoms with Crippen LogP contribution in [0.3, 0.4) is 0 Å². The minimum Gasteiger partial charge on any atom is -0.497 e. The van der Waals surface area contributed by atoms with Gasteiger partial charge in [0.2, 0.25) is 11.8 Å². The van der Waals surface area contributed by atoms with Crippen molar-refractivity contribution in [2.45, 2.75) is 18.2 Å². The van der Waals surface area contributed by atoms with Crippen molar-refractivity contribution in [3.05, 3.63) is 84.4 Å². The second-order valence-electron chi connectivity index (χ2n) is 7.17. The second kappa shape index (κ2) is 10.2. The Bertz CT molecular complexity index is 1160. The average molecular weight is 446 g/mol. The number of carbonyl (C=O) groups is 1. The molecule has 32 heavy (non-hydrogen) atoms. The quantitative estimate of drug-likeness (QED) is 0.367. The van der Waals surface area contributed by atoms with Crippen LogP contribution < -0.4 is 10.1 Å². The summed E-state index contributed by atoms with van der Waals surface area (Å²) in [4.78, 5) is 12.4. The van der Waals surface area contributed by atoms with Crippen LogP contribution in [0, 0.1) is 0 Å². The van der Waals surface area contributed by atoms with Crippen molar-refractivity contribution in [1.29, 1.82) is 0 Å². The molecule has 4 rings (SSSR count). The lowest BCUT2D eigenvalue weighted by atomic mass is 10.0. The second-order valence-corrected chi connectivity index (χ2v) is 8.09. The molecule has 1 amide bonds. The molecule has 162 valence electrons. The number of amides is 1. The Morgan fingerprint density at radius 2 is 1.59 bits per heavy atom. The number of carbonyl (C=O) groups excluding carboxylic acids is 1. The van der Waals surface area contributed by atoms with Crippen LogP contribution in [-0.4, -0.2) is 29.0 Å². The normalized spacial score (nSPS) is 11.7. The third-order valence-corrected chi connectivity index (χ3v) is 5.78. The maximum atomic E-state index is 12.4. The van der Waals surface area contributed by atoms with Crippen molar-refractivity contribution in [2.75, 3.05) is 12.9 Å². The Labute approximate surface area is 191 Å². The molecule has 0 bridgehead atoms. The molecule has 0 unspecified atom stereocenters. The fraction of sp³-hybridized carbons (Fsp3) is 0.160. The predicted octanol–water partition coefficient (Wildman–Crippen LogP) is 5.38. The van der Waals surface area contributed by atoms with Crippen LogP contribution >= 0.6 is 11.8 Å². The molecule has 4 aromatic rings. The topological polar surface area (TPSA) is 77.2 Å². The molecular weight excluding hydrogens is 422 g/mol. The van der Waals surface area contributed by atoms with Crippen LogP contribution in [0.4, 0.5) is 0 Å². The number of thioether (sulfide) groups is 1. The van der Waals surface area contributed by atoms with Crippen molar-refractivity contribution in [1.82, 2.24) is 15.5 Å². The molecular formula is C25H23N3O3S. The Kier molecular flexibility index (Phi) is 6.87. The van der Waals surface area contributed by atoms with Crippen LogP contribution in [0.2, 0.25) is 0 Å². The third kappa shape index (κ3) is 5.36. The van der Waals surface area contributed by atoms with Gasteiger partial charge in [0, 0.05) is 5.56 Å². The van der Waals surface area contributed by atoms with Crippen LogP contribution in [0.5, 0.6) is 5.75 Å². The highest BCUT2D eigenvalue weighted by Crippen LogP contribution is 2.25. The number of benzene rings is 3. The maximum Gasteiger partial charge on any atom is 0.277 e. The number of hydrogen-bond donors (Lipinski definition) is 1. The first-order valence-electron chi connectivity index (χ1n) is 10.2. The van der Waals surface area contributed by atoms with E-state index in [1.54, 1.807) is 7.11 Å². The van der Waals surface area contributed by atoms with Gasteiger partial charge in [0.15, 0.2) is 0 Å². The van der Waals surface area contributed by atoms with Crippen molar-refractivity contribution in [3.63, 3.8) is 0 Å². The molecule has 1 atom stereocenters. The SMILES string of the molecule is COc1ccc(-c2nnc(SCC(=O)N[C@H](C)c3ccc(-c4ccccc4)cc3)o2)cc1. The Balaban J connectivity index is 1.29. The van der Waals surface area contributed by atoms with E-state index in [0.717, 1.165) is 22.4 Å². The number of methoxy groups -OCH3 is 1. The Morgan fingerprint density at radius 3 is 2.28 bits per heavy atom. The molecule has 0 saturated heterocycles. The van der Waals surface area contributed by atoms with E-state index in [2.05, 4.69) is 39.8 Å². The zero-order valence-corrected chi connectivity index (χ0v) is 18.6. The van der Waals surface area contributed by atoms with Crippen molar-refractivity contribution >= 4 is 17.7 Å². The van der Waals surface area contributed by atoms with E-state index in [-0.39, 0.29) is 17.7 Å². The van der Waals surface area contributed by atoms with Crippen LogP contribution in [0.25, 0.3) is 22.6 Å². The van der Waals surface area contributed by atoms with Gasteiger partial charge in [-0.05, 0) is 47.9 Å². The van der Waals surface area contributed by atoms with E-state index in [0.29, 0.717) is 11.1 Å². The lowest BCUT2D eigenvalue weighted by Gasteiger charge is -2.14. The fourth-order valence-corrected chi connectivity index (χ4v) is 3.78. The number of nitrogens with zero attached hydrogens (tertiary/aromatic N) is 2. The molecule has 0 saturated carbocycles. The van der Waals surface area contributed by atoms with E-state index >= 15 is 0 Å². The van der Waals surface area contributed by atoms with Gasteiger partial charge in [0.25, 0.3) is 5.22 Å². The van der Waals surface area contributed by atoms with E-state index < -0.39 is 0 Å². The number of aromatic nitrogens is 2. The van der Waals surface area contributed by atoms with Crippen LogP contribution in [0.1, 0.15) is 18.5 Å². The standard InChI is InChI=1S/C25H23N3O3S/c1-17(18-8-10-20(11-9-18)19-6-4-3-5-7-19)26-23(29)16-32-25-28-27-24(31-25)21-12-14-22(30-2)15-13-21/h3-15,17H,16H2,1-2H3,(H,26,29)/t17-/m1/s1. The molecule has 1 N–H and O–H groups in total. The molecule has 3 aromatic carbocycles. The third-order valence-electron chi connectivity index (χ3n) is 4.97. The van der Waals surface area contributed by atoms with Crippen LogP contribution in [-0.2, 0) is 4.79 Å². The molecule has 0 aliphatic rings. The first kappa shape index (κ1) is 21.6. The lowest BCUT2D eigenvalue weighted by molar-refractivity contribution is -0.119. The largest absolute Gasteiger partial charge is 0.497 e. The molecule has 6 nitrogen and oxygen atoms in total. The Morgan fingerprint density at radius 1 is 0.938 bits per heavy atom. The highest BCUT2D eigenvalue weighted by molar-refractivity contribution is 7.99. The summed E-state index contributed by atoms with van der Waals surface area (Å²) in [5.41, 5.74) is 4.15. The molecule has 0 aliphatic carbocycles. The first-order valence-corrected chi connectivity index (χ1v) is 11.2. The molecule has 1 heterocycles. The van der Waals surface area contributed by atoms with Gasteiger partial charge in [0.1, 0.15) is 5.75 Å². The van der Waals surface area contributed by atoms with Gasteiger partial charge in [0.05, 0.1) is 18.9 Å². The minimum absolute atomic E-state index is 0.0983. The summed E-state index contributed by atoms with van der Waals surface area (Å²) >= 11 is 1.21. The van der Waals surface area contributed by atoms with Gasteiger partial charge < -0.3 is 14.5 Å². The highest BCUT2D eigenvalue weighted by Gasteiger charge is 2.14. The number of nitrogens with one attached hydrogen (secondary N) is 1. The van der Waals surface area contributed by atoms with Crippen molar-refractivity contribution < 1.29 is 13.9 Å². The molecule has 7 heteroatoms. The van der Waals surface area contributed by atoms with Crippen molar-refractivity contribution in [2.24, 2.45) is 0 Å². The predicted molar refractivity (Wildman–Crippen MR) is 125 cm³/mol. The zero-order chi connectivity index (χ0) is 22.3. The number of rotatable bonds is 8. The molecule has 0 radical (unpaired) electrons. The first-order chi connectivity index (χ1) is 15.6. The van der Waals surface area contributed by atoms with Gasteiger partial charge in [-0.1, -0.05) is 66.4 Å². The maximum absolute atomic E-state index is 12.4. The summed E-state index contributed by atoms with van der Waals surface area (Å²) in [7, 11) is 1.61. The van der Waals surface area contributed by atoms with E-state index in [4.69, 9.17) is 9.15 Å². The lowest BCUT2D eigenvalue weighted by Crippen LogP contribution is -2.28. The summed E-state index contributed by atoms with van der Waals surface area (Å²) in [5, 5.41) is 11.4. The highest BCUT2D eigenvalue weighted by atomic mass is 32.2. The summed E-state index contributed by atoms with van der Waals surface area (Å²) in [6, 6.07) is 25.7. The van der Waals surface area contributed by atoms with Gasteiger partial charge in [-0.25, -0.2) is 0 Å². The van der Waals surface area contributed by atoms with E-state index in [1.807, 2.05) is 61.5 Å². The van der Waals surface area contributed by atoms with Crippen molar-refractivity contribution in [3.8, 4) is 28.3 Å². The molecule has 0 spiro atoms. The smallest absolute Gasteiger partial charge is 0.277 e. The van der Waals surface area contributed by atoms with Gasteiger partial charge >= 0.3 is 0 Å². The number of hydrogen-bond acceptors (Lipinski definition) is 6. The molecule has 1 aromatic heterocycles. The fourth-order valence-electron chi connectivity index (χ4n) is 3.21. The summed E-state index contributed by atoms with van der Waals surface area (Å²) in [6.45, 7) is 1.97. The zero-order valence-electron chi connectivity index (χ0n) is 17.8. The Hall–Kier alpha value is -3.58. The average Bonchev–Trinajstić information content (AvgIpc) is 3.32. The van der Waals surface area contributed by atoms with E-state index in [9.17, 15) is 4.79 Å². The minimum atomic E-state index is -0.106. The molecule has 0 fully saturated rings. The monoisotopic (exact) mass is 445 g/mol. The molecule has 0 aliphatic heterocycles. The summed E-state index contributed by atoms with van der Waals surface area (Å²) in [6.07, 6.45) is 0. The number of ether oxygens (including phenoxy) is 1. The van der Waals surface area contributed by atoms with Gasteiger partial charge in [-0.3, -0.25) is 4.79 Å². The summed E-state index contributed by atoms with van der Waals surface area (Å²) < 4.78 is 10.8. The summed E-state index contributed by atoms with van der Waals surface area (Å²) in [5.74, 6) is 1.25. The van der Waals surface area contributed by atoms with E-state index in [1.165, 1.54) is 17.3 Å².